The first-order valence-corrected chi connectivity index (χ1v) is 13.9. The summed E-state index contributed by atoms with van der Waals surface area (Å²) in [7, 11) is -7.38. The van der Waals surface area contributed by atoms with E-state index in [0.717, 1.165) is 24.8 Å². The van der Waals surface area contributed by atoms with Crippen LogP contribution in [-0.2, 0) is 20.0 Å². The number of aryl methyl sites for hydroxylation is 3. The lowest BCUT2D eigenvalue weighted by Gasteiger charge is -2.26. The molecular formula is C23H31N3O5S2. The van der Waals surface area contributed by atoms with Crippen molar-refractivity contribution in [3.05, 3.63) is 58.7 Å². The molecule has 2 aromatic rings. The van der Waals surface area contributed by atoms with Crippen molar-refractivity contribution in [2.45, 2.75) is 49.8 Å². The molecule has 3 rings (SSSR count). The number of hydrogen-bond acceptors (Lipinski definition) is 5. The zero-order valence-corrected chi connectivity index (χ0v) is 20.9. The van der Waals surface area contributed by atoms with E-state index in [1.807, 2.05) is 13.0 Å². The van der Waals surface area contributed by atoms with E-state index in [-0.39, 0.29) is 28.4 Å². The average Bonchev–Trinajstić information content (AvgIpc) is 2.79. The summed E-state index contributed by atoms with van der Waals surface area (Å²) in [6.07, 6.45) is 2.67. The summed E-state index contributed by atoms with van der Waals surface area (Å²) < 4.78 is 55.2. The van der Waals surface area contributed by atoms with E-state index in [1.165, 1.54) is 10.4 Å². The summed E-state index contributed by atoms with van der Waals surface area (Å²) >= 11 is 0. The Morgan fingerprint density at radius 1 is 0.848 bits per heavy atom. The van der Waals surface area contributed by atoms with E-state index in [0.29, 0.717) is 24.2 Å². The van der Waals surface area contributed by atoms with Crippen molar-refractivity contribution in [1.29, 1.82) is 0 Å². The van der Waals surface area contributed by atoms with Crippen LogP contribution in [0, 0.1) is 20.8 Å². The second kappa shape index (κ2) is 10.3. The van der Waals surface area contributed by atoms with Gasteiger partial charge in [0.2, 0.25) is 20.0 Å². The summed E-state index contributed by atoms with van der Waals surface area (Å²) in [5.74, 6) is -0.462. The molecule has 0 unspecified atom stereocenters. The molecule has 1 amide bonds. The third-order valence-electron chi connectivity index (χ3n) is 5.72. The van der Waals surface area contributed by atoms with Gasteiger partial charge >= 0.3 is 0 Å². The molecule has 2 aromatic carbocycles. The van der Waals surface area contributed by atoms with Gasteiger partial charge in [0.15, 0.2) is 0 Å². The van der Waals surface area contributed by atoms with Crippen molar-refractivity contribution in [2.75, 3.05) is 26.2 Å². The van der Waals surface area contributed by atoms with Crippen LogP contribution in [0.2, 0.25) is 0 Å². The highest BCUT2D eigenvalue weighted by molar-refractivity contribution is 7.89. The standard InChI is InChI=1S/C23H31N3O5S2/c1-17-7-8-18(2)21(15-17)32(28,29)25-12-11-24-23(27)20-10-9-19(3)22(16-20)33(30,31)26-13-5-4-6-14-26/h7-10,15-16,25H,4-6,11-14H2,1-3H3,(H,24,27). The Morgan fingerprint density at radius 3 is 2.18 bits per heavy atom. The molecule has 8 nitrogen and oxygen atoms in total. The Kier molecular flexibility index (Phi) is 7.94. The molecule has 1 aliphatic rings. The average molecular weight is 494 g/mol. The zero-order chi connectivity index (χ0) is 24.2. The minimum absolute atomic E-state index is 0.00620. The lowest BCUT2D eigenvalue weighted by atomic mass is 10.1. The Bertz CT molecular complexity index is 1230. The maximum atomic E-state index is 13.1. The van der Waals surface area contributed by atoms with E-state index >= 15 is 0 Å². The van der Waals surface area contributed by atoms with Gasteiger partial charge in [0, 0.05) is 31.7 Å². The number of carbonyl (C=O) groups is 1. The van der Waals surface area contributed by atoms with Gasteiger partial charge in [-0.05, 0) is 68.5 Å². The highest BCUT2D eigenvalue weighted by atomic mass is 32.2. The fraction of sp³-hybridized carbons (Fsp3) is 0.435. The van der Waals surface area contributed by atoms with Crippen LogP contribution in [0.1, 0.15) is 46.3 Å². The molecule has 10 heteroatoms. The van der Waals surface area contributed by atoms with Gasteiger partial charge in [-0.3, -0.25) is 4.79 Å². The summed E-state index contributed by atoms with van der Waals surface area (Å²) in [5, 5.41) is 2.65. The SMILES string of the molecule is Cc1ccc(C)c(S(=O)(=O)NCCNC(=O)c2ccc(C)c(S(=O)(=O)N3CCCCC3)c2)c1. The second-order valence-electron chi connectivity index (χ2n) is 8.37. The number of sulfonamides is 2. The Hall–Kier alpha value is -2.27. The monoisotopic (exact) mass is 493 g/mol. The number of hydrogen-bond donors (Lipinski definition) is 2. The normalized spacial score (nSPS) is 15.4. The lowest BCUT2D eigenvalue weighted by molar-refractivity contribution is 0.0954. The highest BCUT2D eigenvalue weighted by Crippen LogP contribution is 2.24. The molecule has 1 heterocycles. The Morgan fingerprint density at radius 2 is 1.48 bits per heavy atom. The van der Waals surface area contributed by atoms with Gasteiger partial charge in [-0.1, -0.05) is 24.6 Å². The fourth-order valence-electron chi connectivity index (χ4n) is 3.80. The minimum atomic E-state index is -3.71. The van der Waals surface area contributed by atoms with E-state index in [4.69, 9.17) is 0 Å². The maximum Gasteiger partial charge on any atom is 0.251 e. The number of nitrogens with one attached hydrogen (secondary N) is 2. The van der Waals surface area contributed by atoms with Crippen LogP contribution in [0.25, 0.3) is 0 Å². The Labute approximate surface area is 196 Å². The van der Waals surface area contributed by atoms with Crippen LogP contribution in [0.4, 0.5) is 0 Å². The molecule has 0 radical (unpaired) electrons. The zero-order valence-electron chi connectivity index (χ0n) is 19.2. The molecule has 1 fully saturated rings. The molecule has 0 saturated carbocycles. The van der Waals surface area contributed by atoms with E-state index in [2.05, 4.69) is 10.0 Å². The Balaban J connectivity index is 1.64. The number of rotatable bonds is 8. The first-order valence-electron chi connectivity index (χ1n) is 11.0. The molecule has 0 atom stereocenters. The summed E-state index contributed by atoms with van der Waals surface area (Å²) in [6.45, 7) is 6.29. The van der Waals surface area contributed by atoms with Crippen molar-refractivity contribution >= 4 is 26.0 Å². The fourth-order valence-corrected chi connectivity index (χ4v) is 6.93. The maximum absolute atomic E-state index is 13.1. The largest absolute Gasteiger partial charge is 0.351 e. The lowest BCUT2D eigenvalue weighted by Crippen LogP contribution is -2.36. The van der Waals surface area contributed by atoms with Gasteiger partial charge in [-0.2, -0.15) is 4.31 Å². The van der Waals surface area contributed by atoms with Crippen LogP contribution < -0.4 is 10.0 Å². The number of piperidine rings is 1. The second-order valence-corrected chi connectivity index (χ2v) is 12.0. The molecule has 0 aliphatic carbocycles. The summed E-state index contributed by atoms with van der Waals surface area (Å²) in [5.41, 5.74) is 2.27. The summed E-state index contributed by atoms with van der Waals surface area (Å²) in [6, 6.07) is 9.78. The van der Waals surface area contributed by atoms with Crippen molar-refractivity contribution in [3.63, 3.8) is 0 Å². The minimum Gasteiger partial charge on any atom is -0.351 e. The van der Waals surface area contributed by atoms with Crippen molar-refractivity contribution in [2.24, 2.45) is 0 Å². The van der Waals surface area contributed by atoms with E-state index in [9.17, 15) is 21.6 Å². The van der Waals surface area contributed by atoms with Crippen LogP contribution in [0.3, 0.4) is 0 Å². The van der Waals surface area contributed by atoms with Crippen LogP contribution in [0.15, 0.2) is 46.2 Å². The van der Waals surface area contributed by atoms with Gasteiger partial charge < -0.3 is 5.32 Å². The highest BCUT2D eigenvalue weighted by Gasteiger charge is 2.28. The molecule has 180 valence electrons. The van der Waals surface area contributed by atoms with Gasteiger partial charge in [-0.15, -0.1) is 0 Å². The third kappa shape index (κ3) is 6.00. The number of nitrogens with zero attached hydrogens (tertiary/aromatic N) is 1. The third-order valence-corrected chi connectivity index (χ3v) is 9.36. The van der Waals surface area contributed by atoms with Crippen molar-refractivity contribution in [3.8, 4) is 0 Å². The smallest absolute Gasteiger partial charge is 0.251 e. The quantitative estimate of drug-likeness (QED) is 0.549. The molecule has 0 bridgehead atoms. The number of carbonyl (C=O) groups excluding carboxylic acids is 1. The number of amides is 1. The molecule has 0 aromatic heterocycles. The van der Waals surface area contributed by atoms with Gasteiger partial charge in [0.25, 0.3) is 5.91 Å². The topological polar surface area (TPSA) is 113 Å². The number of benzene rings is 2. The predicted molar refractivity (Wildman–Crippen MR) is 127 cm³/mol. The first-order chi connectivity index (χ1) is 15.5. The van der Waals surface area contributed by atoms with Gasteiger partial charge in [0.1, 0.15) is 0 Å². The predicted octanol–water partition coefficient (Wildman–Crippen LogP) is 2.49. The van der Waals surface area contributed by atoms with E-state index in [1.54, 1.807) is 38.1 Å². The van der Waals surface area contributed by atoms with Gasteiger partial charge in [-0.25, -0.2) is 21.6 Å². The first kappa shape index (κ1) is 25.4. The van der Waals surface area contributed by atoms with E-state index < -0.39 is 26.0 Å². The summed E-state index contributed by atoms with van der Waals surface area (Å²) in [4.78, 5) is 12.9. The van der Waals surface area contributed by atoms with Crippen LogP contribution >= 0.6 is 0 Å². The van der Waals surface area contributed by atoms with Crippen molar-refractivity contribution in [1.82, 2.24) is 14.3 Å². The van der Waals surface area contributed by atoms with Crippen LogP contribution in [-0.4, -0.2) is 53.2 Å². The molecule has 1 saturated heterocycles. The molecule has 2 N–H and O–H groups in total. The molecule has 33 heavy (non-hydrogen) atoms. The molecule has 0 spiro atoms. The molecule has 1 aliphatic heterocycles. The van der Waals surface area contributed by atoms with Crippen LogP contribution in [0.5, 0.6) is 0 Å². The molecular weight excluding hydrogens is 462 g/mol. The van der Waals surface area contributed by atoms with Crippen molar-refractivity contribution < 1.29 is 21.6 Å². The van der Waals surface area contributed by atoms with Gasteiger partial charge in [0.05, 0.1) is 9.79 Å².